The number of benzene rings is 2. The molecule has 0 fully saturated rings. The van der Waals surface area contributed by atoms with Crippen LogP contribution < -0.4 is 0 Å². The van der Waals surface area contributed by atoms with Gasteiger partial charge in [0.15, 0.2) is 5.78 Å². The average molecular weight is 256 g/mol. The summed E-state index contributed by atoms with van der Waals surface area (Å²) in [5.74, 6) is 0.0657. The maximum atomic E-state index is 12.1. The van der Waals surface area contributed by atoms with Crippen LogP contribution in [0.3, 0.4) is 0 Å². The van der Waals surface area contributed by atoms with Crippen molar-refractivity contribution < 1.29 is 15.0 Å². The van der Waals surface area contributed by atoms with Gasteiger partial charge in [0.05, 0.1) is 0 Å². The summed E-state index contributed by atoms with van der Waals surface area (Å²) < 4.78 is 0. The van der Waals surface area contributed by atoms with Crippen molar-refractivity contribution in [3.8, 4) is 11.5 Å². The third kappa shape index (κ3) is 2.94. The summed E-state index contributed by atoms with van der Waals surface area (Å²) >= 11 is 0. The zero-order valence-electron chi connectivity index (χ0n) is 10.8. The predicted molar refractivity (Wildman–Crippen MR) is 73.6 cm³/mol. The van der Waals surface area contributed by atoms with E-state index in [4.69, 9.17) is 0 Å². The van der Waals surface area contributed by atoms with Gasteiger partial charge in [0, 0.05) is 17.5 Å². The Morgan fingerprint density at radius 2 is 1.63 bits per heavy atom. The van der Waals surface area contributed by atoms with Crippen molar-refractivity contribution in [3.63, 3.8) is 0 Å². The minimum absolute atomic E-state index is 0.0146. The summed E-state index contributed by atoms with van der Waals surface area (Å²) in [6, 6.07) is 12.0. The highest BCUT2D eigenvalue weighted by Crippen LogP contribution is 2.28. The second-order valence-electron chi connectivity index (χ2n) is 4.51. The van der Waals surface area contributed by atoms with Gasteiger partial charge in [-0.05, 0) is 31.0 Å². The standard InChI is InChI=1S/C16H16O3/c1-11-5-2-3-6-12(11)16(19)10-9-13-14(17)7-4-8-15(13)18/h2-8,17-18H,9-10H2,1H3. The Morgan fingerprint density at radius 3 is 2.26 bits per heavy atom. The highest BCUT2D eigenvalue weighted by molar-refractivity contribution is 5.97. The molecule has 3 nitrogen and oxygen atoms in total. The van der Waals surface area contributed by atoms with Gasteiger partial charge in [0.1, 0.15) is 11.5 Å². The van der Waals surface area contributed by atoms with Gasteiger partial charge in [-0.1, -0.05) is 30.3 Å². The minimum atomic E-state index is 0.0146. The van der Waals surface area contributed by atoms with Crippen LogP contribution in [-0.2, 0) is 6.42 Å². The van der Waals surface area contributed by atoms with Crippen molar-refractivity contribution in [2.75, 3.05) is 0 Å². The van der Waals surface area contributed by atoms with Gasteiger partial charge in [-0.2, -0.15) is 0 Å². The van der Waals surface area contributed by atoms with Crippen LogP contribution in [0.25, 0.3) is 0 Å². The molecule has 0 spiro atoms. The fourth-order valence-electron chi connectivity index (χ4n) is 2.08. The van der Waals surface area contributed by atoms with Crippen molar-refractivity contribution in [3.05, 3.63) is 59.2 Å². The maximum Gasteiger partial charge on any atom is 0.163 e. The average Bonchev–Trinajstić information content (AvgIpc) is 2.38. The Hall–Kier alpha value is -2.29. The van der Waals surface area contributed by atoms with Gasteiger partial charge >= 0.3 is 0 Å². The van der Waals surface area contributed by atoms with Gasteiger partial charge in [-0.15, -0.1) is 0 Å². The molecule has 2 N–H and O–H groups in total. The van der Waals surface area contributed by atoms with Crippen LogP contribution in [0, 0.1) is 6.92 Å². The lowest BCUT2D eigenvalue weighted by Crippen LogP contribution is -2.03. The summed E-state index contributed by atoms with van der Waals surface area (Å²) in [7, 11) is 0. The number of rotatable bonds is 4. The molecule has 0 aliphatic heterocycles. The van der Waals surface area contributed by atoms with E-state index >= 15 is 0 Å². The number of carbonyl (C=O) groups excluding carboxylic acids is 1. The molecule has 2 aromatic rings. The minimum Gasteiger partial charge on any atom is -0.508 e. The fourth-order valence-corrected chi connectivity index (χ4v) is 2.08. The molecule has 0 aromatic heterocycles. The SMILES string of the molecule is Cc1ccccc1C(=O)CCc1c(O)cccc1O. The van der Waals surface area contributed by atoms with E-state index in [1.165, 1.54) is 12.1 Å². The topological polar surface area (TPSA) is 57.5 Å². The summed E-state index contributed by atoms with van der Waals surface area (Å²) in [6.45, 7) is 1.89. The summed E-state index contributed by atoms with van der Waals surface area (Å²) in [4.78, 5) is 12.1. The van der Waals surface area contributed by atoms with E-state index in [0.29, 0.717) is 17.5 Å². The van der Waals surface area contributed by atoms with E-state index in [1.807, 2.05) is 25.1 Å². The molecule has 0 amide bonds. The molecule has 0 saturated carbocycles. The third-order valence-corrected chi connectivity index (χ3v) is 3.17. The first-order valence-electron chi connectivity index (χ1n) is 6.18. The first-order valence-corrected chi connectivity index (χ1v) is 6.18. The zero-order chi connectivity index (χ0) is 13.8. The lowest BCUT2D eigenvalue weighted by atomic mass is 9.98. The molecule has 98 valence electrons. The van der Waals surface area contributed by atoms with Crippen LogP contribution in [-0.4, -0.2) is 16.0 Å². The number of aryl methyl sites for hydroxylation is 1. The molecular weight excluding hydrogens is 240 g/mol. The van der Waals surface area contributed by atoms with Crippen LogP contribution in [0.15, 0.2) is 42.5 Å². The van der Waals surface area contributed by atoms with Crippen molar-refractivity contribution in [1.82, 2.24) is 0 Å². The molecule has 0 bridgehead atoms. The van der Waals surface area contributed by atoms with Crippen LogP contribution in [0.4, 0.5) is 0 Å². The molecule has 0 atom stereocenters. The van der Waals surface area contributed by atoms with Gasteiger partial charge in [0.25, 0.3) is 0 Å². The van der Waals surface area contributed by atoms with E-state index in [9.17, 15) is 15.0 Å². The van der Waals surface area contributed by atoms with Gasteiger partial charge < -0.3 is 10.2 Å². The zero-order valence-corrected chi connectivity index (χ0v) is 10.8. The van der Waals surface area contributed by atoms with Crippen molar-refractivity contribution in [1.29, 1.82) is 0 Å². The monoisotopic (exact) mass is 256 g/mol. The lowest BCUT2D eigenvalue weighted by Gasteiger charge is -2.07. The normalized spacial score (nSPS) is 10.4. The first-order chi connectivity index (χ1) is 9.09. The summed E-state index contributed by atoms with van der Waals surface area (Å²) in [5.41, 5.74) is 2.05. The van der Waals surface area contributed by atoms with Gasteiger partial charge in [-0.3, -0.25) is 4.79 Å². The lowest BCUT2D eigenvalue weighted by molar-refractivity contribution is 0.0982. The largest absolute Gasteiger partial charge is 0.508 e. The van der Waals surface area contributed by atoms with Crippen LogP contribution in [0.1, 0.15) is 27.9 Å². The molecule has 0 radical (unpaired) electrons. The molecule has 0 aliphatic carbocycles. The molecular formula is C16H16O3. The Balaban J connectivity index is 2.11. The van der Waals surface area contributed by atoms with Crippen molar-refractivity contribution in [2.45, 2.75) is 19.8 Å². The number of carbonyl (C=O) groups is 1. The fraction of sp³-hybridized carbons (Fsp3) is 0.188. The number of hydrogen-bond acceptors (Lipinski definition) is 3. The van der Waals surface area contributed by atoms with Gasteiger partial charge in [-0.25, -0.2) is 0 Å². The Kier molecular flexibility index (Phi) is 3.85. The van der Waals surface area contributed by atoms with E-state index in [1.54, 1.807) is 12.1 Å². The Bertz CT molecular complexity index is 582. The highest BCUT2D eigenvalue weighted by atomic mass is 16.3. The molecule has 3 heteroatoms. The number of hydrogen-bond donors (Lipinski definition) is 2. The number of phenols is 2. The first kappa shape index (κ1) is 13.1. The second kappa shape index (κ2) is 5.57. The number of Topliss-reactive ketones (excluding diaryl/α,β-unsaturated/α-hetero) is 1. The molecule has 0 unspecified atom stereocenters. The predicted octanol–water partition coefficient (Wildman–Crippen LogP) is 3.22. The van der Waals surface area contributed by atoms with E-state index in [2.05, 4.69) is 0 Å². The summed E-state index contributed by atoms with van der Waals surface area (Å²) in [5, 5.41) is 19.3. The quantitative estimate of drug-likeness (QED) is 0.826. The molecule has 19 heavy (non-hydrogen) atoms. The molecule has 2 rings (SSSR count). The Morgan fingerprint density at radius 1 is 1.00 bits per heavy atom. The number of ketones is 1. The van der Waals surface area contributed by atoms with Crippen molar-refractivity contribution in [2.24, 2.45) is 0 Å². The van der Waals surface area contributed by atoms with E-state index < -0.39 is 0 Å². The van der Waals surface area contributed by atoms with E-state index in [0.717, 1.165) is 5.56 Å². The Labute approximate surface area is 112 Å². The molecule has 2 aromatic carbocycles. The van der Waals surface area contributed by atoms with Crippen molar-refractivity contribution >= 4 is 5.78 Å². The molecule has 0 aliphatic rings. The highest BCUT2D eigenvalue weighted by Gasteiger charge is 2.12. The molecule has 0 heterocycles. The van der Waals surface area contributed by atoms with E-state index in [-0.39, 0.29) is 23.7 Å². The maximum absolute atomic E-state index is 12.1. The molecule has 0 saturated heterocycles. The third-order valence-electron chi connectivity index (χ3n) is 3.17. The number of phenolic OH excluding ortho intramolecular Hbond substituents is 2. The summed E-state index contributed by atoms with van der Waals surface area (Å²) in [6.07, 6.45) is 0.585. The van der Waals surface area contributed by atoms with Crippen LogP contribution in [0.2, 0.25) is 0 Å². The van der Waals surface area contributed by atoms with Crippen LogP contribution >= 0.6 is 0 Å². The second-order valence-corrected chi connectivity index (χ2v) is 4.51. The van der Waals surface area contributed by atoms with Gasteiger partial charge in [0.2, 0.25) is 0 Å². The smallest absolute Gasteiger partial charge is 0.163 e. The van der Waals surface area contributed by atoms with Crippen LogP contribution in [0.5, 0.6) is 11.5 Å². The number of aromatic hydroxyl groups is 2.